The third-order valence-corrected chi connectivity index (χ3v) is 6.59. The van der Waals surface area contributed by atoms with E-state index in [9.17, 15) is 4.79 Å². The van der Waals surface area contributed by atoms with Crippen LogP contribution < -0.4 is 9.64 Å². The first kappa shape index (κ1) is 18.9. The number of rotatable bonds is 4. The van der Waals surface area contributed by atoms with Crippen LogP contribution in [-0.2, 0) is 11.2 Å². The molecule has 0 radical (unpaired) electrons. The number of carbonyl (C=O) groups excluding carboxylic acids is 1. The first-order valence-electron chi connectivity index (χ1n) is 9.92. The number of pyridine rings is 1. The molecule has 0 fully saturated rings. The molecular formula is C23H22N4O2S. The number of anilines is 1. The van der Waals surface area contributed by atoms with Crippen molar-refractivity contribution >= 4 is 39.9 Å². The van der Waals surface area contributed by atoms with E-state index in [4.69, 9.17) is 4.74 Å². The van der Waals surface area contributed by atoms with Gasteiger partial charge in [0, 0.05) is 23.2 Å². The molecule has 0 saturated carbocycles. The van der Waals surface area contributed by atoms with Crippen molar-refractivity contribution in [2.45, 2.75) is 31.5 Å². The van der Waals surface area contributed by atoms with Gasteiger partial charge in [-0.2, -0.15) is 0 Å². The number of hydrogen-bond donors (Lipinski definition) is 0. The number of aryl methyl sites for hydroxylation is 1. The Kier molecular flexibility index (Phi) is 4.62. The Morgan fingerprint density at radius 2 is 2.03 bits per heavy atom. The van der Waals surface area contributed by atoms with E-state index < -0.39 is 0 Å². The smallest absolute Gasteiger partial charge is 0.237 e. The lowest BCUT2D eigenvalue weighted by Gasteiger charge is -2.22. The van der Waals surface area contributed by atoms with Crippen molar-refractivity contribution in [2.75, 3.05) is 17.8 Å². The predicted octanol–water partition coefficient (Wildman–Crippen LogP) is 4.27. The number of thioether (sulfide) groups is 1. The molecule has 30 heavy (non-hydrogen) atoms. The molecule has 152 valence electrons. The molecule has 0 N–H and O–H groups in total. The van der Waals surface area contributed by atoms with Crippen molar-refractivity contribution in [1.29, 1.82) is 0 Å². The molecule has 0 spiro atoms. The summed E-state index contributed by atoms with van der Waals surface area (Å²) in [6, 6.07) is 16.3. The summed E-state index contributed by atoms with van der Waals surface area (Å²) in [6.07, 6.45) is 0.893. The summed E-state index contributed by atoms with van der Waals surface area (Å²) in [5.41, 5.74) is 5.12. The molecule has 6 nitrogen and oxygen atoms in total. The van der Waals surface area contributed by atoms with E-state index in [1.807, 2.05) is 51.8 Å². The highest BCUT2D eigenvalue weighted by Crippen LogP contribution is 2.33. The van der Waals surface area contributed by atoms with Crippen LogP contribution in [0.1, 0.15) is 18.1 Å². The molecule has 2 aromatic carbocycles. The van der Waals surface area contributed by atoms with Gasteiger partial charge in [0.15, 0.2) is 10.8 Å². The lowest BCUT2D eigenvalue weighted by Crippen LogP contribution is -2.37. The highest BCUT2D eigenvalue weighted by atomic mass is 32.2. The third-order valence-electron chi connectivity index (χ3n) is 5.68. The summed E-state index contributed by atoms with van der Waals surface area (Å²) in [7, 11) is 1.66. The summed E-state index contributed by atoms with van der Waals surface area (Å²) in [6.45, 7) is 4.16. The molecule has 2 aromatic heterocycles. The molecule has 1 atom stereocenters. The topological polar surface area (TPSA) is 59.7 Å². The van der Waals surface area contributed by atoms with Gasteiger partial charge in [-0.25, -0.2) is 0 Å². The molecule has 4 aromatic rings. The second-order valence-corrected chi connectivity index (χ2v) is 8.56. The van der Waals surface area contributed by atoms with Gasteiger partial charge in [-0.1, -0.05) is 30.0 Å². The van der Waals surface area contributed by atoms with Crippen LogP contribution in [0.5, 0.6) is 5.75 Å². The number of aromatic nitrogens is 3. The lowest BCUT2D eigenvalue weighted by molar-refractivity contribution is -0.116. The lowest BCUT2D eigenvalue weighted by atomic mass is 10.1. The number of ether oxygens (including phenoxy) is 1. The highest BCUT2D eigenvalue weighted by Gasteiger charge is 2.30. The van der Waals surface area contributed by atoms with Crippen LogP contribution in [0.15, 0.2) is 53.7 Å². The van der Waals surface area contributed by atoms with Gasteiger partial charge >= 0.3 is 0 Å². The van der Waals surface area contributed by atoms with E-state index in [2.05, 4.69) is 30.1 Å². The predicted molar refractivity (Wildman–Crippen MR) is 120 cm³/mol. The maximum absolute atomic E-state index is 13.1. The van der Waals surface area contributed by atoms with Crippen molar-refractivity contribution in [3.8, 4) is 5.75 Å². The summed E-state index contributed by atoms with van der Waals surface area (Å²) in [5, 5.41) is 10.5. The molecule has 1 amide bonds. The molecule has 1 aliphatic rings. The van der Waals surface area contributed by atoms with Crippen molar-refractivity contribution in [3.05, 3.63) is 59.7 Å². The first-order chi connectivity index (χ1) is 14.6. The van der Waals surface area contributed by atoms with Crippen molar-refractivity contribution in [1.82, 2.24) is 14.6 Å². The van der Waals surface area contributed by atoms with E-state index in [1.54, 1.807) is 7.11 Å². The molecule has 0 aliphatic carbocycles. The van der Waals surface area contributed by atoms with Crippen molar-refractivity contribution < 1.29 is 9.53 Å². The van der Waals surface area contributed by atoms with Gasteiger partial charge < -0.3 is 9.64 Å². The third kappa shape index (κ3) is 3.01. The molecule has 0 bridgehead atoms. The zero-order valence-electron chi connectivity index (χ0n) is 17.1. The molecular weight excluding hydrogens is 396 g/mol. The van der Waals surface area contributed by atoms with E-state index in [0.717, 1.165) is 40.0 Å². The van der Waals surface area contributed by atoms with Crippen LogP contribution in [0.25, 0.3) is 16.6 Å². The normalized spacial score (nSPS) is 15.7. The minimum absolute atomic E-state index is 0.0863. The number of benzene rings is 2. The van der Waals surface area contributed by atoms with Gasteiger partial charge in [-0.05, 0) is 55.7 Å². The maximum Gasteiger partial charge on any atom is 0.237 e. The average Bonchev–Trinajstić information content (AvgIpc) is 3.31. The Morgan fingerprint density at radius 3 is 2.87 bits per heavy atom. The number of methoxy groups -OCH3 is 1. The van der Waals surface area contributed by atoms with E-state index in [0.29, 0.717) is 10.9 Å². The number of hydrogen-bond acceptors (Lipinski definition) is 5. The van der Waals surface area contributed by atoms with Gasteiger partial charge in [-0.3, -0.25) is 9.20 Å². The fourth-order valence-electron chi connectivity index (χ4n) is 4.26. The van der Waals surface area contributed by atoms with Crippen LogP contribution in [0.4, 0.5) is 5.69 Å². The summed E-state index contributed by atoms with van der Waals surface area (Å²) in [5.74, 6) is 1.17. The van der Waals surface area contributed by atoms with Crippen molar-refractivity contribution in [2.24, 2.45) is 0 Å². The SMILES string of the molecule is COc1ccc2c(C)cc3nnc(SCC(=O)N4c5ccccc5C[C@@H]4C)n3c2c1. The maximum atomic E-state index is 13.1. The Morgan fingerprint density at radius 1 is 1.20 bits per heavy atom. The largest absolute Gasteiger partial charge is 0.497 e. The number of amides is 1. The van der Waals surface area contributed by atoms with Crippen LogP contribution in [0.3, 0.4) is 0 Å². The number of fused-ring (bicyclic) bond motifs is 4. The zero-order chi connectivity index (χ0) is 20.8. The average molecular weight is 419 g/mol. The number of nitrogens with zero attached hydrogens (tertiary/aromatic N) is 4. The van der Waals surface area contributed by atoms with Gasteiger partial charge in [0.05, 0.1) is 18.4 Å². The van der Waals surface area contributed by atoms with Gasteiger partial charge in [0.2, 0.25) is 5.91 Å². The summed E-state index contributed by atoms with van der Waals surface area (Å²) in [4.78, 5) is 15.0. The Bertz CT molecular complexity index is 1280. The van der Waals surface area contributed by atoms with Crippen LogP contribution in [-0.4, -0.2) is 39.4 Å². The summed E-state index contributed by atoms with van der Waals surface area (Å²) >= 11 is 1.42. The molecule has 7 heteroatoms. The minimum atomic E-state index is 0.0863. The Hall–Kier alpha value is -3.06. The molecule has 0 unspecified atom stereocenters. The highest BCUT2D eigenvalue weighted by molar-refractivity contribution is 7.99. The van der Waals surface area contributed by atoms with Crippen molar-refractivity contribution in [3.63, 3.8) is 0 Å². The van der Waals surface area contributed by atoms with Gasteiger partial charge in [0.1, 0.15) is 5.75 Å². The monoisotopic (exact) mass is 418 g/mol. The summed E-state index contributed by atoms with van der Waals surface area (Å²) < 4.78 is 7.42. The van der Waals surface area contributed by atoms with Gasteiger partial charge in [-0.15, -0.1) is 10.2 Å². The molecule has 3 heterocycles. The second kappa shape index (κ2) is 7.32. The van der Waals surface area contributed by atoms with E-state index >= 15 is 0 Å². The van der Waals surface area contributed by atoms with Crippen LogP contribution in [0, 0.1) is 6.92 Å². The fraction of sp³-hybridized carbons (Fsp3) is 0.261. The first-order valence-corrected chi connectivity index (χ1v) is 10.9. The Balaban J connectivity index is 1.48. The standard InChI is InChI=1S/C23H22N4O2S/c1-14-10-21-24-25-23(27(21)20-12-17(29-3)8-9-18(14)20)30-13-22(28)26-15(2)11-16-6-4-5-7-19(16)26/h4-10,12,15H,11,13H2,1-3H3/t15-/m0/s1. The second-order valence-electron chi connectivity index (χ2n) is 7.62. The fourth-order valence-corrected chi connectivity index (χ4v) is 5.08. The molecule has 1 aliphatic heterocycles. The van der Waals surface area contributed by atoms with E-state index in [-0.39, 0.29) is 11.9 Å². The van der Waals surface area contributed by atoms with Gasteiger partial charge in [0.25, 0.3) is 0 Å². The van der Waals surface area contributed by atoms with Crippen LogP contribution >= 0.6 is 11.8 Å². The number of carbonyl (C=O) groups is 1. The number of para-hydroxylation sites is 1. The Labute approximate surface area is 178 Å². The quantitative estimate of drug-likeness (QED) is 0.463. The minimum Gasteiger partial charge on any atom is -0.497 e. The molecule has 0 saturated heterocycles. The van der Waals surface area contributed by atoms with E-state index in [1.165, 1.54) is 17.3 Å². The van der Waals surface area contributed by atoms with Crippen LogP contribution in [0.2, 0.25) is 0 Å². The zero-order valence-corrected chi connectivity index (χ0v) is 17.9. The molecule has 5 rings (SSSR count).